The normalized spacial score (nSPS) is 26.3. The fraction of sp³-hybridized carbons (Fsp3) is 0.524. The van der Waals surface area contributed by atoms with Crippen LogP contribution in [0.3, 0.4) is 0 Å². The van der Waals surface area contributed by atoms with Crippen molar-refractivity contribution in [3.05, 3.63) is 60.8 Å². The molecule has 1 aliphatic carbocycles. The molecule has 0 amide bonds. The fourth-order valence-electron chi connectivity index (χ4n) is 2.50. The highest BCUT2D eigenvalue weighted by Gasteiger charge is 1.92. The minimum Gasteiger partial charge on any atom is -0.0845 e. The van der Waals surface area contributed by atoms with Crippen LogP contribution in [-0.2, 0) is 0 Å². The SMILES string of the molecule is C1=CCCCCCCCCCCC\C=C/C=C\C=C/C=C/1. The lowest BCUT2D eigenvalue weighted by Gasteiger charge is -2.01. The fourth-order valence-corrected chi connectivity index (χ4v) is 2.50. The second-order valence-electron chi connectivity index (χ2n) is 5.77. The van der Waals surface area contributed by atoms with Crippen molar-refractivity contribution in [3.63, 3.8) is 0 Å². The summed E-state index contributed by atoms with van der Waals surface area (Å²) in [6.07, 6.45) is 36.5. The van der Waals surface area contributed by atoms with E-state index in [0.717, 1.165) is 0 Å². The second kappa shape index (κ2) is 15.1. The molecule has 1 rings (SSSR count). The largest absolute Gasteiger partial charge is 0.0845 e. The molecular formula is C21H32. The van der Waals surface area contributed by atoms with Gasteiger partial charge < -0.3 is 0 Å². The number of hydrogen-bond acceptors (Lipinski definition) is 0. The number of allylic oxidation sites excluding steroid dienone is 10. The lowest BCUT2D eigenvalue weighted by Crippen LogP contribution is -1.81. The first-order chi connectivity index (χ1) is 10.5. The summed E-state index contributed by atoms with van der Waals surface area (Å²) in [4.78, 5) is 0. The van der Waals surface area contributed by atoms with Gasteiger partial charge in [-0.25, -0.2) is 0 Å². The Labute approximate surface area is 132 Å². The third-order valence-electron chi connectivity index (χ3n) is 3.79. The molecule has 0 atom stereocenters. The third kappa shape index (κ3) is 13.4. The molecule has 21 heavy (non-hydrogen) atoms. The van der Waals surface area contributed by atoms with Gasteiger partial charge in [0.25, 0.3) is 0 Å². The summed E-state index contributed by atoms with van der Waals surface area (Å²) in [5.74, 6) is 0. The Morgan fingerprint density at radius 2 is 0.571 bits per heavy atom. The van der Waals surface area contributed by atoms with Crippen LogP contribution in [0, 0.1) is 0 Å². The van der Waals surface area contributed by atoms with Gasteiger partial charge in [0.15, 0.2) is 0 Å². The van der Waals surface area contributed by atoms with Crippen LogP contribution in [-0.4, -0.2) is 0 Å². The molecule has 0 radical (unpaired) electrons. The molecule has 0 heterocycles. The molecule has 0 aromatic rings. The van der Waals surface area contributed by atoms with Gasteiger partial charge >= 0.3 is 0 Å². The van der Waals surface area contributed by atoms with E-state index in [-0.39, 0.29) is 0 Å². The molecule has 0 heteroatoms. The minimum atomic E-state index is 1.22. The highest BCUT2D eigenvalue weighted by molar-refractivity contribution is 5.17. The maximum absolute atomic E-state index is 2.28. The van der Waals surface area contributed by atoms with Crippen molar-refractivity contribution in [2.75, 3.05) is 0 Å². The molecule has 0 saturated carbocycles. The maximum Gasteiger partial charge on any atom is -0.0348 e. The number of hydrogen-bond donors (Lipinski definition) is 0. The Kier molecular flexibility index (Phi) is 12.8. The van der Waals surface area contributed by atoms with Gasteiger partial charge in [0.1, 0.15) is 0 Å². The molecule has 0 spiro atoms. The van der Waals surface area contributed by atoms with Crippen LogP contribution in [0.4, 0.5) is 0 Å². The van der Waals surface area contributed by atoms with Crippen molar-refractivity contribution in [2.45, 2.75) is 70.6 Å². The summed E-state index contributed by atoms with van der Waals surface area (Å²) in [6.45, 7) is 0. The highest BCUT2D eigenvalue weighted by Crippen LogP contribution is 2.11. The Morgan fingerprint density at radius 3 is 0.952 bits per heavy atom. The molecule has 0 aromatic heterocycles. The molecule has 0 fully saturated rings. The summed E-state index contributed by atoms with van der Waals surface area (Å²) in [7, 11) is 0. The Balaban J connectivity index is 2.30. The average molecular weight is 284 g/mol. The zero-order chi connectivity index (χ0) is 14.8. The molecule has 0 saturated heterocycles. The molecule has 0 aliphatic heterocycles. The van der Waals surface area contributed by atoms with E-state index in [1.165, 1.54) is 70.6 Å². The minimum absolute atomic E-state index is 1.22. The van der Waals surface area contributed by atoms with E-state index in [2.05, 4.69) is 60.8 Å². The summed E-state index contributed by atoms with van der Waals surface area (Å²) < 4.78 is 0. The molecule has 0 aromatic carbocycles. The lowest BCUT2D eigenvalue weighted by molar-refractivity contribution is 0.561. The van der Waals surface area contributed by atoms with Gasteiger partial charge in [0.2, 0.25) is 0 Å². The van der Waals surface area contributed by atoms with E-state index in [4.69, 9.17) is 0 Å². The van der Waals surface area contributed by atoms with Gasteiger partial charge in [-0.1, -0.05) is 106 Å². The van der Waals surface area contributed by atoms with Gasteiger partial charge in [0, 0.05) is 0 Å². The van der Waals surface area contributed by atoms with Crippen molar-refractivity contribution in [2.24, 2.45) is 0 Å². The van der Waals surface area contributed by atoms with Crippen molar-refractivity contribution in [3.8, 4) is 0 Å². The van der Waals surface area contributed by atoms with Crippen molar-refractivity contribution in [1.29, 1.82) is 0 Å². The summed E-state index contributed by atoms with van der Waals surface area (Å²) in [6, 6.07) is 0. The predicted molar refractivity (Wildman–Crippen MR) is 96.5 cm³/mol. The smallest absolute Gasteiger partial charge is 0.0348 e. The zero-order valence-electron chi connectivity index (χ0n) is 13.6. The zero-order valence-corrected chi connectivity index (χ0v) is 13.6. The maximum atomic E-state index is 2.28. The van der Waals surface area contributed by atoms with Crippen LogP contribution in [0.5, 0.6) is 0 Å². The number of rotatable bonds is 0. The van der Waals surface area contributed by atoms with E-state index < -0.39 is 0 Å². The van der Waals surface area contributed by atoms with Crippen molar-refractivity contribution < 1.29 is 0 Å². The average Bonchev–Trinajstić information content (AvgIpc) is 2.50. The van der Waals surface area contributed by atoms with Gasteiger partial charge in [-0.15, -0.1) is 0 Å². The molecule has 0 nitrogen and oxygen atoms in total. The van der Waals surface area contributed by atoms with Crippen molar-refractivity contribution >= 4 is 0 Å². The Hall–Kier alpha value is -1.30. The molecule has 1 aliphatic rings. The topological polar surface area (TPSA) is 0 Å². The van der Waals surface area contributed by atoms with E-state index in [9.17, 15) is 0 Å². The third-order valence-corrected chi connectivity index (χ3v) is 3.79. The standard InChI is InChI=1S/C21H32/c1-2-4-6-8-10-12-14-16-18-20-21-19-17-15-13-11-9-7-5-3-1/h1-10H,11-21H2/b2-1-,5-3-,6-4+,9-7-,10-8?. The Morgan fingerprint density at radius 1 is 0.286 bits per heavy atom. The van der Waals surface area contributed by atoms with E-state index in [1.54, 1.807) is 0 Å². The quantitative estimate of drug-likeness (QED) is 0.446. The monoisotopic (exact) mass is 284 g/mol. The van der Waals surface area contributed by atoms with Crippen LogP contribution in [0.1, 0.15) is 70.6 Å². The van der Waals surface area contributed by atoms with Crippen LogP contribution in [0.25, 0.3) is 0 Å². The highest BCUT2D eigenvalue weighted by atomic mass is 14.0. The van der Waals surface area contributed by atoms with E-state index in [0.29, 0.717) is 0 Å². The van der Waals surface area contributed by atoms with Crippen LogP contribution >= 0.6 is 0 Å². The first kappa shape index (κ1) is 17.8. The summed E-state index contributed by atoms with van der Waals surface area (Å²) in [5, 5.41) is 0. The molecule has 116 valence electrons. The van der Waals surface area contributed by atoms with Gasteiger partial charge in [-0.05, 0) is 25.7 Å². The summed E-state index contributed by atoms with van der Waals surface area (Å²) in [5.41, 5.74) is 0. The Bertz CT molecular complexity index is 318. The van der Waals surface area contributed by atoms with Gasteiger partial charge in [0.05, 0.1) is 0 Å². The molecule has 0 N–H and O–H groups in total. The van der Waals surface area contributed by atoms with Crippen LogP contribution in [0.15, 0.2) is 60.8 Å². The predicted octanol–water partition coefficient (Wildman–Crippen LogP) is 7.07. The first-order valence-corrected chi connectivity index (χ1v) is 8.82. The van der Waals surface area contributed by atoms with Crippen molar-refractivity contribution in [1.82, 2.24) is 0 Å². The second-order valence-corrected chi connectivity index (χ2v) is 5.77. The molecule has 0 bridgehead atoms. The van der Waals surface area contributed by atoms with Gasteiger partial charge in [-0.3, -0.25) is 0 Å². The molecular weight excluding hydrogens is 252 g/mol. The van der Waals surface area contributed by atoms with E-state index in [1.807, 2.05) is 0 Å². The lowest BCUT2D eigenvalue weighted by atomic mass is 10.1. The first-order valence-electron chi connectivity index (χ1n) is 8.82. The summed E-state index contributed by atoms with van der Waals surface area (Å²) >= 11 is 0. The molecule has 0 unspecified atom stereocenters. The van der Waals surface area contributed by atoms with Gasteiger partial charge in [-0.2, -0.15) is 0 Å². The van der Waals surface area contributed by atoms with Crippen LogP contribution < -0.4 is 0 Å². The van der Waals surface area contributed by atoms with Crippen LogP contribution in [0.2, 0.25) is 0 Å². The van der Waals surface area contributed by atoms with E-state index >= 15 is 0 Å².